The molecule has 0 saturated heterocycles. The van der Waals surface area contributed by atoms with E-state index in [1.54, 1.807) is 0 Å². The number of hydrogen-bond acceptors (Lipinski definition) is 4. The molecule has 180 valence electrons. The molecule has 0 aliphatic heterocycles. The third kappa shape index (κ3) is 9.70. The van der Waals surface area contributed by atoms with E-state index in [1.807, 2.05) is 97.1 Å². The van der Waals surface area contributed by atoms with E-state index in [4.69, 9.17) is 22.9 Å². The van der Waals surface area contributed by atoms with Gasteiger partial charge in [-0.2, -0.15) is 0 Å². The minimum atomic E-state index is 0. The lowest BCUT2D eigenvalue weighted by Gasteiger charge is -2.02. The van der Waals surface area contributed by atoms with Crippen LogP contribution < -0.4 is 22.9 Å². The summed E-state index contributed by atoms with van der Waals surface area (Å²) in [4.78, 5) is 0. The van der Waals surface area contributed by atoms with E-state index in [0.717, 1.165) is 45.0 Å². The SMILES string of the molecule is Nc1ccc(-c2ccc(N)cc2)cc1.Nc1ccc(-c2ccc(N)cc2)cc1.O.O.O.O.O. The molecule has 0 atom stereocenters. The molecule has 0 saturated carbocycles. The van der Waals surface area contributed by atoms with Crippen molar-refractivity contribution in [3.8, 4) is 22.3 Å². The van der Waals surface area contributed by atoms with Crippen molar-refractivity contribution < 1.29 is 27.4 Å². The van der Waals surface area contributed by atoms with Crippen LogP contribution in [0.15, 0.2) is 97.1 Å². The van der Waals surface area contributed by atoms with E-state index in [0.29, 0.717) is 0 Å². The van der Waals surface area contributed by atoms with Gasteiger partial charge in [0.05, 0.1) is 0 Å². The molecular formula is C24H34N4O5. The van der Waals surface area contributed by atoms with Gasteiger partial charge in [0, 0.05) is 22.7 Å². The zero-order chi connectivity index (χ0) is 19.9. The number of rotatable bonds is 2. The van der Waals surface area contributed by atoms with Gasteiger partial charge in [0.25, 0.3) is 0 Å². The highest BCUT2D eigenvalue weighted by molar-refractivity contribution is 5.68. The average Bonchev–Trinajstić information content (AvgIpc) is 2.71. The van der Waals surface area contributed by atoms with Crippen molar-refractivity contribution in [1.82, 2.24) is 0 Å². The Bertz CT molecular complexity index is 850. The highest BCUT2D eigenvalue weighted by Crippen LogP contribution is 2.22. The lowest BCUT2D eigenvalue weighted by atomic mass is 10.1. The van der Waals surface area contributed by atoms with Crippen LogP contribution in [0.25, 0.3) is 22.3 Å². The maximum absolute atomic E-state index is 5.61. The lowest BCUT2D eigenvalue weighted by Crippen LogP contribution is -1.85. The van der Waals surface area contributed by atoms with E-state index in [2.05, 4.69) is 0 Å². The van der Waals surface area contributed by atoms with E-state index in [9.17, 15) is 0 Å². The molecule has 0 radical (unpaired) electrons. The third-order valence-corrected chi connectivity index (χ3v) is 4.31. The molecular weight excluding hydrogens is 424 g/mol. The Labute approximate surface area is 192 Å². The summed E-state index contributed by atoms with van der Waals surface area (Å²) in [5.74, 6) is 0. The van der Waals surface area contributed by atoms with Gasteiger partial charge in [-0.05, 0) is 70.8 Å². The molecule has 0 bridgehead atoms. The van der Waals surface area contributed by atoms with Gasteiger partial charge in [-0.3, -0.25) is 0 Å². The van der Waals surface area contributed by atoms with Crippen LogP contribution in [0.2, 0.25) is 0 Å². The number of nitrogens with two attached hydrogens (primary N) is 4. The van der Waals surface area contributed by atoms with Gasteiger partial charge in [0.15, 0.2) is 0 Å². The van der Waals surface area contributed by atoms with Crippen molar-refractivity contribution in [3.05, 3.63) is 97.1 Å². The van der Waals surface area contributed by atoms with Crippen molar-refractivity contribution in [2.45, 2.75) is 0 Å². The van der Waals surface area contributed by atoms with Crippen LogP contribution in [-0.2, 0) is 0 Å². The van der Waals surface area contributed by atoms with Crippen molar-refractivity contribution in [2.24, 2.45) is 0 Å². The van der Waals surface area contributed by atoms with Gasteiger partial charge in [-0.15, -0.1) is 0 Å². The van der Waals surface area contributed by atoms with Gasteiger partial charge < -0.3 is 50.3 Å². The summed E-state index contributed by atoms with van der Waals surface area (Å²) < 4.78 is 0. The normalized spacial score (nSPS) is 8.48. The molecule has 18 N–H and O–H groups in total. The molecule has 9 heteroatoms. The maximum Gasteiger partial charge on any atom is 0.0314 e. The molecule has 0 aliphatic carbocycles. The summed E-state index contributed by atoms with van der Waals surface area (Å²) in [6.07, 6.45) is 0. The molecule has 0 aliphatic rings. The first-order valence-electron chi connectivity index (χ1n) is 8.94. The molecule has 4 rings (SSSR count). The van der Waals surface area contributed by atoms with Crippen molar-refractivity contribution in [1.29, 1.82) is 0 Å². The molecule has 0 amide bonds. The smallest absolute Gasteiger partial charge is 0.0314 e. The van der Waals surface area contributed by atoms with Crippen LogP contribution in [-0.4, -0.2) is 27.4 Å². The highest BCUT2D eigenvalue weighted by Gasteiger charge is 1.97. The Morgan fingerprint density at radius 1 is 0.242 bits per heavy atom. The first-order chi connectivity index (χ1) is 13.5. The van der Waals surface area contributed by atoms with Gasteiger partial charge in [0.2, 0.25) is 0 Å². The molecule has 33 heavy (non-hydrogen) atoms. The fourth-order valence-corrected chi connectivity index (χ4v) is 2.70. The van der Waals surface area contributed by atoms with Gasteiger partial charge in [0.1, 0.15) is 0 Å². The largest absolute Gasteiger partial charge is 0.412 e. The van der Waals surface area contributed by atoms with Gasteiger partial charge in [-0.25, -0.2) is 0 Å². The summed E-state index contributed by atoms with van der Waals surface area (Å²) in [5, 5.41) is 0. The number of hydrogen-bond donors (Lipinski definition) is 4. The standard InChI is InChI=1S/2C12H12N2.5H2O/c2*13-11-5-1-9(2-6-11)10-3-7-12(14)8-4-10;;;;;/h2*1-8H,13-14H2;5*1H2. The molecule has 9 nitrogen and oxygen atoms in total. The van der Waals surface area contributed by atoms with Crippen LogP contribution in [0.5, 0.6) is 0 Å². The molecule has 4 aromatic rings. The van der Waals surface area contributed by atoms with E-state index in [1.165, 1.54) is 0 Å². The van der Waals surface area contributed by atoms with Gasteiger partial charge in [-0.1, -0.05) is 48.5 Å². The Morgan fingerprint density at radius 2 is 0.364 bits per heavy atom. The molecule has 0 unspecified atom stereocenters. The van der Waals surface area contributed by atoms with E-state index >= 15 is 0 Å². The zero-order valence-corrected chi connectivity index (χ0v) is 18.0. The Hall–Kier alpha value is -4.12. The highest BCUT2D eigenvalue weighted by atomic mass is 16.0. The Balaban J connectivity index is -0.000000474. The second kappa shape index (κ2) is 15.6. The fraction of sp³-hybridized carbons (Fsp3) is 0. The first kappa shape index (κ1) is 33.5. The fourth-order valence-electron chi connectivity index (χ4n) is 2.70. The number of nitrogen functional groups attached to an aromatic ring is 4. The Morgan fingerprint density at radius 3 is 0.485 bits per heavy atom. The topological polar surface area (TPSA) is 262 Å². The van der Waals surface area contributed by atoms with Crippen LogP contribution in [0, 0.1) is 0 Å². The number of anilines is 4. The van der Waals surface area contributed by atoms with Crippen LogP contribution in [0.4, 0.5) is 22.7 Å². The third-order valence-electron chi connectivity index (χ3n) is 4.31. The van der Waals surface area contributed by atoms with Crippen molar-refractivity contribution in [3.63, 3.8) is 0 Å². The van der Waals surface area contributed by atoms with Crippen LogP contribution in [0.3, 0.4) is 0 Å². The van der Waals surface area contributed by atoms with Crippen molar-refractivity contribution in [2.75, 3.05) is 22.9 Å². The summed E-state index contributed by atoms with van der Waals surface area (Å²) >= 11 is 0. The maximum atomic E-state index is 5.61. The second-order valence-corrected chi connectivity index (χ2v) is 6.49. The lowest BCUT2D eigenvalue weighted by molar-refractivity contribution is 0.823. The van der Waals surface area contributed by atoms with E-state index < -0.39 is 0 Å². The molecule has 0 fully saturated rings. The molecule has 0 spiro atoms. The van der Waals surface area contributed by atoms with Crippen LogP contribution in [0.1, 0.15) is 0 Å². The summed E-state index contributed by atoms with van der Waals surface area (Å²) in [5.41, 5.74) is 30.2. The molecule has 0 heterocycles. The summed E-state index contributed by atoms with van der Waals surface area (Å²) in [6.45, 7) is 0. The van der Waals surface area contributed by atoms with Crippen molar-refractivity contribution >= 4 is 22.7 Å². The average molecular weight is 459 g/mol. The predicted octanol–water partition coefficient (Wildman–Crippen LogP) is 0.913. The molecule has 0 aromatic heterocycles. The predicted molar refractivity (Wildman–Crippen MR) is 139 cm³/mol. The second-order valence-electron chi connectivity index (χ2n) is 6.49. The summed E-state index contributed by atoms with van der Waals surface area (Å²) in [7, 11) is 0. The summed E-state index contributed by atoms with van der Waals surface area (Å²) in [6, 6.07) is 31.2. The quantitative estimate of drug-likeness (QED) is 0.319. The Kier molecular flexibility index (Phi) is 15.9. The number of benzene rings is 4. The van der Waals surface area contributed by atoms with Gasteiger partial charge >= 0.3 is 0 Å². The van der Waals surface area contributed by atoms with E-state index in [-0.39, 0.29) is 27.4 Å². The van der Waals surface area contributed by atoms with Crippen LogP contribution >= 0.6 is 0 Å². The zero-order valence-electron chi connectivity index (χ0n) is 18.0. The first-order valence-corrected chi connectivity index (χ1v) is 8.94. The minimum Gasteiger partial charge on any atom is -0.412 e. The monoisotopic (exact) mass is 458 g/mol. The molecule has 4 aromatic carbocycles. The minimum absolute atomic E-state index is 0.